The lowest BCUT2D eigenvalue weighted by Crippen LogP contribution is -2.23. The fourth-order valence-electron chi connectivity index (χ4n) is 1.41. The molecule has 1 aromatic carbocycles. The molecule has 0 unspecified atom stereocenters. The highest BCUT2D eigenvalue weighted by Crippen LogP contribution is 2.21. The summed E-state index contributed by atoms with van der Waals surface area (Å²) < 4.78 is 32.0. The molecule has 7 heteroatoms. The highest BCUT2D eigenvalue weighted by Gasteiger charge is 2.17. The molecule has 0 fully saturated rings. The average molecular weight is 331 g/mol. The lowest BCUT2D eigenvalue weighted by atomic mass is 10.4. The van der Waals surface area contributed by atoms with Crippen LogP contribution in [0.4, 0.5) is 0 Å². The van der Waals surface area contributed by atoms with E-state index in [1.54, 1.807) is 31.2 Å². The van der Waals surface area contributed by atoms with Crippen LogP contribution in [-0.2, 0) is 16.6 Å². The molecule has 0 aliphatic rings. The number of hydrogen-bond donors (Lipinski definition) is 1. The number of halogens is 1. The van der Waals surface area contributed by atoms with Crippen molar-refractivity contribution in [3.8, 4) is 0 Å². The van der Waals surface area contributed by atoms with E-state index < -0.39 is 10.0 Å². The van der Waals surface area contributed by atoms with Crippen LogP contribution in [0.5, 0.6) is 0 Å². The Balaban J connectivity index is 2.16. The van der Waals surface area contributed by atoms with Gasteiger partial charge in [-0.25, -0.2) is 13.1 Å². The molecule has 5 nitrogen and oxygen atoms in total. The molecule has 0 bridgehead atoms. The minimum Gasteiger partial charge on any atom is -0.360 e. The van der Waals surface area contributed by atoms with Gasteiger partial charge in [0.15, 0.2) is 5.76 Å². The molecule has 0 atom stereocenters. The molecule has 0 aliphatic heterocycles. The number of benzene rings is 1. The molecule has 1 aromatic heterocycles. The van der Waals surface area contributed by atoms with E-state index in [-0.39, 0.29) is 11.4 Å². The standard InChI is InChI=1S/C11H11BrN2O3S/c1-8-6-9(17-14-8)7-13-18(15,16)11-5-3-2-4-10(11)12/h2-6,13H,7H2,1H3. The van der Waals surface area contributed by atoms with Crippen molar-refractivity contribution in [2.75, 3.05) is 0 Å². The van der Waals surface area contributed by atoms with Crippen LogP contribution in [0.15, 0.2) is 44.2 Å². The first-order valence-corrected chi connectivity index (χ1v) is 7.43. The Morgan fingerprint density at radius 1 is 1.39 bits per heavy atom. The van der Waals surface area contributed by atoms with Crippen LogP contribution < -0.4 is 4.72 Å². The van der Waals surface area contributed by atoms with Crippen LogP contribution in [0, 0.1) is 6.92 Å². The van der Waals surface area contributed by atoms with Gasteiger partial charge in [0.05, 0.1) is 17.1 Å². The zero-order valence-electron chi connectivity index (χ0n) is 9.55. The Kier molecular flexibility index (Phi) is 3.84. The Morgan fingerprint density at radius 2 is 2.11 bits per heavy atom. The molecular weight excluding hydrogens is 320 g/mol. The molecule has 96 valence electrons. The first kappa shape index (κ1) is 13.3. The SMILES string of the molecule is Cc1cc(CNS(=O)(=O)c2ccccc2Br)on1. The summed E-state index contributed by atoms with van der Waals surface area (Å²) in [6.07, 6.45) is 0. The maximum absolute atomic E-state index is 12.0. The van der Waals surface area contributed by atoms with Gasteiger partial charge in [-0.2, -0.15) is 0 Å². The van der Waals surface area contributed by atoms with Crippen molar-refractivity contribution in [3.05, 3.63) is 46.3 Å². The molecule has 2 aromatic rings. The van der Waals surface area contributed by atoms with E-state index in [1.165, 1.54) is 6.07 Å². The molecule has 1 N–H and O–H groups in total. The van der Waals surface area contributed by atoms with Crippen molar-refractivity contribution in [1.82, 2.24) is 9.88 Å². The highest BCUT2D eigenvalue weighted by molar-refractivity contribution is 9.10. The molecule has 0 saturated heterocycles. The summed E-state index contributed by atoms with van der Waals surface area (Å²) in [4.78, 5) is 0.196. The van der Waals surface area contributed by atoms with Crippen molar-refractivity contribution in [3.63, 3.8) is 0 Å². The van der Waals surface area contributed by atoms with Gasteiger partial charge >= 0.3 is 0 Å². The second-order valence-corrected chi connectivity index (χ2v) is 6.28. The van der Waals surface area contributed by atoms with Gasteiger partial charge in [-0.3, -0.25) is 0 Å². The molecule has 18 heavy (non-hydrogen) atoms. The van der Waals surface area contributed by atoms with Crippen LogP contribution in [0.25, 0.3) is 0 Å². The average Bonchev–Trinajstić information content (AvgIpc) is 2.73. The van der Waals surface area contributed by atoms with Gasteiger partial charge in [-0.15, -0.1) is 0 Å². The van der Waals surface area contributed by atoms with E-state index >= 15 is 0 Å². The van der Waals surface area contributed by atoms with E-state index in [9.17, 15) is 8.42 Å². The molecule has 1 heterocycles. The summed E-state index contributed by atoms with van der Waals surface area (Å²) in [6.45, 7) is 1.85. The number of nitrogens with zero attached hydrogens (tertiary/aromatic N) is 1. The lowest BCUT2D eigenvalue weighted by Gasteiger charge is -2.06. The van der Waals surface area contributed by atoms with Gasteiger partial charge in [-0.1, -0.05) is 17.3 Å². The topological polar surface area (TPSA) is 72.2 Å². The molecule has 2 rings (SSSR count). The van der Waals surface area contributed by atoms with Gasteiger partial charge < -0.3 is 4.52 Å². The van der Waals surface area contributed by atoms with Gasteiger partial charge in [0.1, 0.15) is 0 Å². The van der Waals surface area contributed by atoms with Crippen LogP contribution in [0.3, 0.4) is 0 Å². The molecule has 0 radical (unpaired) electrons. The van der Waals surface area contributed by atoms with E-state index in [0.717, 1.165) is 0 Å². The predicted molar refractivity (Wildman–Crippen MR) is 69.4 cm³/mol. The number of nitrogens with one attached hydrogen (secondary N) is 1. The maximum atomic E-state index is 12.0. The van der Waals surface area contributed by atoms with Crippen LogP contribution in [0.1, 0.15) is 11.5 Å². The van der Waals surface area contributed by atoms with E-state index in [1.807, 2.05) is 0 Å². The molecule has 0 amide bonds. The van der Waals surface area contributed by atoms with Gasteiger partial charge in [0.2, 0.25) is 10.0 Å². The second-order valence-electron chi connectivity index (χ2n) is 3.69. The first-order valence-electron chi connectivity index (χ1n) is 5.15. The number of aromatic nitrogens is 1. The Morgan fingerprint density at radius 3 is 2.72 bits per heavy atom. The smallest absolute Gasteiger partial charge is 0.242 e. The van der Waals surface area contributed by atoms with Gasteiger partial charge in [0, 0.05) is 10.5 Å². The van der Waals surface area contributed by atoms with E-state index in [2.05, 4.69) is 25.8 Å². The fraction of sp³-hybridized carbons (Fsp3) is 0.182. The van der Waals surface area contributed by atoms with Crippen molar-refractivity contribution >= 4 is 26.0 Å². The second kappa shape index (κ2) is 5.21. The largest absolute Gasteiger partial charge is 0.360 e. The van der Waals surface area contributed by atoms with Crippen molar-refractivity contribution in [2.45, 2.75) is 18.4 Å². The van der Waals surface area contributed by atoms with Crippen LogP contribution in [0.2, 0.25) is 0 Å². The zero-order valence-corrected chi connectivity index (χ0v) is 12.0. The first-order chi connectivity index (χ1) is 8.49. The summed E-state index contributed by atoms with van der Waals surface area (Å²) >= 11 is 3.21. The monoisotopic (exact) mass is 330 g/mol. The predicted octanol–water partition coefficient (Wildman–Crippen LogP) is 2.22. The van der Waals surface area contributed by atoms with Gasteiger partial charge in [-0.05, 0) is 35.0 Å². The van der Waals surface area contributed by atoms with Crippen molar-refractivity contribution in [2.24, 2.45) is 0 Å². The third-order valence-corrected chi connectivity index (χ3v) is 4.65. The van der Waals surface area contributed by atoms with Crippen LogP contribution >= 0.6 is 15.9 Å². The van der Waals surface area contributed by atoms with Crippen molar-refractivity contribution in [1.29, 1.82) is 0 Å². The summed E-state index contributed by atoms with van der Waals surface area (Å²) in [7, 11) is -3.56. The number of rotatable bonds is 4. The third-order valence-electron chi connectivity index (χ3n) is 2.24. The summed E-state index contributed by atoms with van der Waals surface area (Å²) in [5, 5.41) is 3.69. The van der Waals surface area contributed by atoms with E-state index in [4.69, 9.17) is 4.52 Å². The van der Waals surface area contributed by atoms with Gasteiger partial charge in [0.25, 0.3) is 0 Å². The molecule has 0 spiro atoms. The Labute approximate surface area is 113 Å². The minimum atomic E-state index is -3.56. The Hall–Kier alpha value is -1.18. The minimum absolute atomic E-state index is 0.0739. The fourth-order valence-corrected chi connectivity index (χ4v) is 3.40. The van der Waals surface area contributed by atoms with Crippen LogP contribution in [-0.4, -0.2) is 13.6 Å². The number of aryl methyl sites for hydroxylation is 1. The summed E-state index contributed by atoms with van der Waals surface area (Å²) in [5.74, 6) is 0.475. The van der Waals surface area contributed by atoms with E-state index in [0.29, 0.717) is 15.9 Å². The highest BCUT2D eigenvalue weighted by atomic mass is 79.9. The normalized spacial score (nSPS) is 11.7. The Bertz CT molecular complexity index is 652. The third kappa shape index (κ3) is 2.98. The number of sulfonamides is 1. The molecular formula is C11H11BrN2O3S. The zero-order chi connectivity index (χ0) is 13.2. The molecule has 0 aliphatic carbocycles. The number of hydrogen-bond acceptors (Lipinski definition) is 4. The maximum Gasteiger partial charge on any atom is 0.242 e. The lowest BCUT2D eigenvalue weighted by molar-refractivity contribution is 0.377. The van der Waals surface area contributed by atoms with Crippen molar-refractivity contribution < 1.29 is 12.9 Å². The molecule has 0 saturated carbocycles. The summed E-state index contributed by atoms with van der Waals surface area (Å²) in [5.41, 5.74) is 0.713. The summed E-state index contributed by atoms with van der Waals surface area (Å²) in [6, 6.07) is 8.30. The quantitative estimate of drug-likeness (QED) is 0.932.